The third kappa shape index (κ3) is 4.06. The van der Waals surface area contributed by atoms with Gasteiger partial charge in [0.25, 0.3) is 0 Å². The maximum atomic E-state index is 9.17. The Morgan fingerprint density at radius 3 is 2.68 bits per heavy atom. The number of aromatic amines is 1. The smallest absolute Gasteiger partial charge is 0.138 e. The Kier molecular flexibility index (Phi) is 5.37. The third-order valence-electron chi connectivity index (χ3n) is 4.80. The molecular weight excluding hydrogens is 350 g/mol. The molecule has 0 fully saturated rings. The summed E-state index contributed by atoms with van der Waals surface area (Å²) in [6.45, 7) is 0.449. The molecular formula is C23H23N3O2. The Labute approximate surface area is 163 Å². The fraction of sp³-hybridized carbons (Fsp3) is 0.174. The number of aliphatic hydroxyl groups is 1. The second-order valence-electron chi connectivity index (χ2n) is 6.90. The first-order valence-electron chi connectivity index (χ1n) is 9.31. The number of benzene rings is 2. The minimum atomic E-state index is -0.119. The molecule has 0 saturated heterocycles. The number of H-pyrrole nitrogens is 1. The lowest BCUT2D eigenvalue weighted by Crippen LogP contribution is -2.30. The van der Waals surface area contributed by atoms with Crippen molar-refractivity contribution in [1.82, 2.24) is 9.97 Å². The number of aromatic nitrogens is 2. The van der Waals surface area contributed by atoms with E-state index in [1.165, 1.54) is 10.9 Å². The Morgan fingerprint density at radius 1 is 1.04 bits per heavy atom. The summed E-state index contributed by atoms with van der Waals surface area (Å²) in [7, 11) is 0. The van der Waals surface area contributed by atoms with Gasteiger partial charge in [-0.05, 0) is 35.2 Å². The van der Waals surface area contributed by atoms with Crippen molar-refractivity contribution in [3.05, 3.63) is 84.3 Å². The predicted octanol–water partition coefficient (Wildman–Crippen LogP) is 3.67. The second kappa shape index (κ2) is 8.25. The van der Waals surface area contributed by atoms with E-state index < -0.39 is 0 Å². The number of ether oxygens (including phenoxy) is 1. The summed E-state index contributed by atoms with van der Waals surface area (Å²) < 4.78 is 5.90. The van der Waals surface area contributed by atoms with E-state index in [1.807, 2.05) is 48.7 Å². The van der Waals surface area contributed by atoms with E-state index in [0.717, 1.165) is 28.6 Å². The van der Waals surface area contributed by atoms with Crippen molar-refractivity contribution in [3.63, 3.8) is 0 Å². The van der Waals surface area contributed by atoms with Crippen LogP contribution in [0.15, 0.2) is 73.2 Å². The summed E-state index contributed by atoms with van der Waals surface area (Å²) in [6, 6.07) is 17.8. The zero-order valence-electron chi connectivity index (χ0n) is 15.5. The number of aliphatic hydroxyl groups excluding tert-OH is 1. The quantitative estimate of drug-likeness (QED) is 0.461. The molecule has 4 N–H and O–H groups in total. The van der Waals surface area contributed by atoms with E-state index in [9.17, 15) is 0 Å². The van der Waals surface area contributed by atoms with Gasteiger partial charge in [0.15, 0.2) is 0 Å². The second-order valence-corrected chi connectivity index (χ2v) is 6.90. The van der Waals surface area contributed by atoms with E-state index in [0.29, 0.717) is 12.4 Å². The van der Waals surface area contributed by atoms with Crippen LogP contribution >= 0.6 is 0 Å². The zero-order valence-corrected chi connectivity index (χ0v) is 15.5. The molecule has 0 bridgehead atoms. The van der Waals surface area contributed by atoms with Crippen molar-refractivity contribution in [3.8, 4) is 16.9 Å². The summed E-state index contributed by atoms with van der Waals surface area (Å²) in [5, 5.41) is 10.4. The SMILES string of the molecule is NC(COc1cncc(-c2ccc(CO)cc2)c1)Cc1c[nH]c2ccccc12. The van der Waals surface area contributed by atoms with E-state index >= 15 is 0 Å². The molecule has 0 aliphatic heterocycles. The summed E-state index contributed by atoms with van der Waals surface area (Å²) in [4.78, 5) is 7.56. The number of nitrogens with two attached hydrogens (primary N) is 1. The Hall–Kier alpha value is -3.15. The van der Waals surface area contributed by atoms with E-state index in [1.54, 1.807) is 12.4 Å². The highest BCUT2D eigenvalue weighted by Crippen LogP contribution is 2.23. The molecule has 2 aromatic heterocycles. The molecule has 0 spiro atoms. The van der Waals surface area contributed by atoms with Gasteiger partial charge in [0.2, 0.25) is 0 Å². The molecule has 0 aliphatic rings. The van der Waals surface area contributed by atoms with E-state index in [-0.39, 0.29) is 12.6 Å². The van der Waals surface area contributed by atoms with Crippen LogP contribution in [-0.4, -0.2) is 27.7 Å². The fourth-order valence-electron chi connectivity index (χ4n) is 3.30. The largest absolute Gasteiger partial charge is 0.490 e. The fourth-order valence-corrected chi connectivity index (χ4v) is 3.30. The molecule has 28 heavy (non-hydrogen) atoms. The highest BCUT2D eigenvalue weighted by atomic mass is 16.5. The number of nitrogens with one attached hydrogen (secondary N) is 1. The van der Waals surface area contributed by atoms with Gasteiger partial charge in [0.1, 0.15) is 12.4 Å². The van der Waals surface area contributed by atoms with Crippen LogP contribution in [0.1, 0.15) is 11.1 Å². The highest BCUT2D eigenvalue weighted by Gasteiger charge is 2.10. The maximum Gasteiger partial charge on any atom is 0.138 e. The van der Waals surface area contributed by atoms with Gasteiger partial charge in [-0.15, -0.1) is 0 Å². The first kappa shape index (κ1) is 18.2. The molecule has 5 nitrogen and oxygen atoms in total. The lowest BCUT2D eigenvalue weighted by Gasteiger charge is -2.13. The Morgan fingerprint density at radius 2 is 1.86 bits per heavy atom. The monoisotopic (exact) mass is 373 g/mol. The molecule has 2 heterocycles. The zero-order chi connectivity index (χ0) is 19.3. The van der Waals surface area contributed by atoms with Crippen molar-refractivity contribution < 1.29 is 9.84 Å². The minimum absolute atomic E-state index is 0.0377. The van der Waals surface area contributed by atoms with Crippen LogP contribution < -0.4 is 10.5 Å². The number of fused-ring (bicyclic) bond motifs is 1. The molecule has 1 atom stereocenters. The van der Waals surface area contributed by atoms with Crippen LogP contribution in [0.5, 0.6) is 5.75 Å². The average molecular weight is 373 g/mol. The molecule has 4 aromatic rings. The lowest BCUT2D eigenvalue weighted by atomic mass is 10.1. The van der Waals surface area contributed by atoms with Crippen LogP contribution in [0, 0.1) is 0 Å². The third-order valence-corrected chi connectivity index (χ3v) is 4.80. The Bertz CT molecular complexity index is 1060. The molecule has 4 rings (SSSR count). The summed E-state index contributed by atoms with van der Waals surface area (Å²) in [5.74, 6) is 0.693. The molecule has 0 aliphatic carbocycles. The summed E-state index contributed by atoms with van der Waals surface area (Å²) >= 11 is 0. The molecule has 0 amide bonds. The molecule has 0 saturated carbocycles. The number of hydrogen-bond acceptors (Lipinski definition) is 4. The van der Waals surface area contributed by atoms with Crippen LogP contribution in [0.25, 0.3) is 22.0 Å². The van der Waals surface area contributed by atoms with Gasteiger partial charge in [-0.2, -0.15) is 0 Å². The number of para-hydroxylation sites is 1. The molecule has 142 valence electrons. The van der Waals surface area contributed by atoms with E-state index in [4.69, 9.17) is 15.6 Å². The first-order chi connectivity index (χ1) is 13.7. The minimum Gasteiger partial charge on any atom is -0.490 e. The molecule has 5 heteroatoms. The van der Waals surface area contributed by atoms with Crippen LogP contribution in [0.4, 0.5) is 0 Å². The average Bonchev–Trinajstić information content (AvgIpc) is 3.15. The predicted molar refractivity (Wildman–Crippen MR) is 111 cm³/mol. The van der Waals surface area contributed by atoms with Crippen molar-refractivity contribution in [2.75, 3.05) is 6.61 Å². The maximum absolute atomic E-state index is 9.17. The van der Waals surface area contributed by atoms with Gasteiger partial charge in [-0.25, -0.2) is 0 Å². The first-order valence-corrected chi connectivity index (χ1v) is 9.31. The van der Waals surface area contributed by atoms with Crippen molar-refractivity contribution in [1.29, 1.82) is 0 Å². The molecule has 2 aromatic carbocycles. The molecule has 0 radical (unpaired) electrons. The van der Waals surface area contributed by atoms with E-state index in [2.05, 4.69) is 22.1 Å². The Balaban J connectivity index is 1.40. The summed E-state index contributed by atoms with van der Waals surface area (Å²) in [5.41, 5.74) is 11.5. The number of hydrogen-bond donors (Lipinski definition) is 3. The normalized spacial score (nSPS) is 12.2. The van der Waals surface area contributed by atoms with Crippen molar-refractivity contribution >= 4 is 10.9 Å². The van der Waals surface area contributed by atoms with Gasteiger partial charge in [0, 0.05) is 34.9 Å². The van der Waals surface area contributed by atoms with Crippen LogP contribution in [-0.2, 0) is 13.0 Å². The topological polar surface area (TPSA) is 84.2 Å². The van der Waals surface area contributed by atoms with Crippen LogP contribution in [0.2, 0.25) is 0 Å². The van der Waals surface area contributed by atoms with Gasteiger partial charge in [0.05, 0.1) is 12.8 Å². The van der Waals surface area contributed by atoms with Gasteiger partial charge in [-0.1, -0.05) is 42.5 Å². The standard InChI is InChI=1S/C23H23N3O2/c24-20(9-19-12-26-23-4-2-1-3-22(19)23)15-28-21-10-18(11-25-13-21)17-7-5-16(14-27)6-8-17/h1-8,10-13,20,26-27H,9,14-15,24H2. The summed E-state index contributed by atoms with van der Waals surface area (Å²) in [6.07, 6.45) is 6.25. The number of pyridine rings is 1. The van der Waals surface area contributed by atoms with Crippen molar-refractivity contribution in [2.24, 2.45) is 5.73 Å². The van der Waals surface area contributed by atoms with Gasteiger partial charge < -0.3 is 20.6 Å². The van der Waals surface area contributed by atoms with Crippen molar-refractivity contribution in [2.45, 2.75) is 19.1 Å². The van der Waals surface area contributed by atoms with Gasteiger partial charge >= 0.3 is 0 Å². The lowest BCUT2D eigenvalue weighted by molar-refractivity contribution is 0.282. The molecule has 1 unspecified atom stereocenters. The van der Waals surface area contributed by atoms with Gasteiger partial charge in [-0.3, -0.25) is 4.98 Å². The number of nitrogens with zero attached hydrogens (tertiary/aromatic N) is 1. The number of rotatable bonds is 7. The highest BCUT2D eigenvalue weighted by molar-refractivity contribution is 5.83. The van der Waals surface area contributed by atoms with Crippen LogP contribution in [0.3, 0.4) is 0 Å².